The number of benzene rings is 3. The van der Waals surface area contributed by atoms with E-state index in [1.807, 2.05) is 25.1 Å². The quantitative estimate of drug-likeness (QED) is 0.170. The van der Waals surface area contributed by atoms with E-state index in [0.29, 0.717) is 11.1 Å². The van der Waals surface area contributed by atoms with Gasteiger partial charge in [-0.1, -0.05) is 29.5 Å². The van der Waals surface area contributed by atoms with Crippen molar-refractivity contribution in [2.45, 2.75) is 6.92 Å². The molecule has 4 aromatic rings. The van der Waals surface area contributed by atoms with Crippen LogP contribution in [0.25, 0.3) is 10.2 Å². The minimum Gasteiger partial charge on any atom is -0.270 e. The molecule has 0 unspecified atom stereocenters. The van der Waals surface area contributed by atoms with Gasteiger partial charge in [0.1, 0.15) is 6.54 Å². The van der Waals surface area contributed by atoms with E-state index in [9.17, 15) is 24.5 Å². The second kappa shape index (κ2) is 9.12. The molecule has 0 saturated carbocycles. The number of nitro groups is 1. The maximum atomic E-state index is 13.4. The van der Waals surface area contributed by atoms with E-state index in [-0.39, 0.29) is 21.9 Å². The zero-order valence-electron chi connectivity index (χ0n) is 18.8. The average molecular weight is 500 g/mol. The number of imide groups is 1. The predicted molar refractivity (Wildman–Crippen MR) is 134 cm³/mol. The third kappa shape index (κ3) is 4.23. The van der Waals surface area contributed by atoms with Crippen LogP contribution in [0.15, 0.2) is 71.8 Å². The summed E-state index contributed by atoms with van der Waals surface area (Å²) in [7, 11) is 0. The first-order valence-electron chi connectivity index (χ1n) is 10.8. The minimum absolute atomic E-state index is 0.0766. The summed E-state index contributed by atoms with van der Waals surface area (Å²) in [6.45, 7) is 1.41. The molecular weight excluding hydrogens is 482 g/mol. The number of hydrogen-bond donors (Lipinski definition) is 0. The molecule has 36 heavy (non-hydrogen) atoms. The number of aromatic nitrogens is 1. The number of carbonyl (C=O) groups excluding carboxylic acids is 3. The summed E-state index contributed by atoms with van der Waals surface area (Å²) >= 11 is 1.24. The first-order valence-corrected chi connectivity index (χ1v) is 11.6. The molecule has 3 amide bonds. The Labute approximate surface area is 208 Å². The normalized spacial score (nSPS) is 13.0. The third-order valence-electron chi connectivity index (χ3n) is 5.55. The van der Waals surface area contributed by atoms with Crippen LogP contribution in [-0.2, 0) is 4.79 Å². The summed E-state index contributed by atoms with van der Waals surface area (Å²) in [5, 5.41) is 16.5. The Morgan fingerprint density at radius 1 is 1.08 bits per heavy atom. The molecule has 0 radical (unpaired) electrons. The monoisotopic (exact) mass is 499 g/mol. The van der Waals surface area contributed by atoms with Crippen LogP contribution in [0.1, 0.15) is 31.8 Å². The first kappa shape index (κ1) is 23.0. The van der Waals surface area contributed by atoms with E-state index in [0.717, 1.165) is 20.2 Å². The van der Waals surface area contributed by atoms with Crippen LogP contribution in [0.2, 0.25) is 0 Å². The van der Waals surface area contributed by atoms with Crippen LogP contribution >= 0.6 is 11.3 Å². The molecule has 0 spiro atoms. The summed E-state index contributed by atoms with van der Waals surface area (Å²) in [6, 6.07) is 17.7. The standard InChI is InChI=1S/C25H17N5O5S/c1-15-6-11-20-21(12-15)36-25(27-20)29(26-13-16-7-9-17(10-8-16)30(34)35)22(31)14-28-23(32)18-4-2-3-5-19(18)24(28)33/h2-13H,14H2,1H3/b26-13+. The van der Waals surface area contributed by atoms with Crippen molar-refractivity contribution >= 4 is 56.3 Å². The number of thiazole rings is 1. The van der Waals surface area contributed by atoms with Gasteiger partial charge < -0.3 is 0 Å². The van der Waals surface area contributed by atoms with E-state index in [1.54, 1.807) is 24.3 Å². The van der Waals surface area contributed by atoms with Crippen molar-refractivity contribution < 1.29 is 19.3 Å². The van der Waals surface area contributed by atoms with Crippen LogP contribution in [0.5, 0.6) is 0 Å². The number of non-ortho nitro benzene ring substituents is 1. The van der Waals surface area contributed by atoms with Gasteiger partial charge in [0.25, 0.3) is 23.4 Å². The predicted octanol–water partition coefficient (Wildman–Crippen LogP) is 4.18. The number of rotatable bonds is 6. The van der Waals surface area contributed by atoms with Crippen LogP contribution in [-0.4, -0.2) is 45.3 Å². The Morgan fingerprint density at radius 2 is 1.75 bits per heavy atom. The molecule has 0 fully saturated rings. The lowest BCUT2D eigenvalue weighted by Crippen LogP contribution is -2.41. The molecule has 0 bridgehead atoms. The molecule has 10 nitrogen and oxygen atoms in total. The lowest BCUT2D eigenvalue weighted by atomic mass is 10.1. The number of fused-ring (bicyclic) bond motifs is 2. The van der Waals surface area contributed by atoms with E-state index < -0.39 is 29.2 Å². The molecule has 2 heterocycles. The highest BCUT2D eigenvalue weighted by Gasteiger charge is 2.37. The molecule has 0 aliphatic carbocycles. The molecule has 5 rings (SSSR count). The molecule has 0 N–H and O–H groups in total. The van der Waals surface area contributed by atoms with E-state index in [1.165, 1.54) is 41.8 Å². The van der Waals surface area contributed by atoms with Crippen molar-refractivity contribution in [1.29, 1.82) is 0 Å². The molecule has 11 heteroatoms. The summed E-state index contributed by atoms with van der Waals surface area (Å²) in [5.41, 5.74) is 2.61. The van der Waals surface area contributed by atoms with Crippen molar-refractivity contribution in [3.05, 3.63) is 99.1 Å². The molecule has 3 aromatic carbocycles. The van der Waals surface area contributed by atoms with Crippen molar-refractivity contribution in [3.63, 3.8) is 0 Å². The SMILES string of the molecule is Cc1ccc2nc(N(/N=C/c3ccc([N+](=O)[O-])cc3)C(=O)CN3C(=O)c4ccccc4C3=O)sc2c1. The topological polar surface area (TPSA) is 126 Å². The van der Waals surface area contributed by atoms with Crippen molar-refractivity contribution in [1.82, 2.24) is 9.88 Å². The van der Waals surface area contributed by atoms with Gasteiger partial charge in [-0.05, 0) is 54.4 Å². The maximum Gasteiger partial charge on any atom is 0.269 e. The third-order valence-corrected chi connectivity index (χ3v) is 6.54. The van der Waals surface area contributed by atoms with Gasteiger partial charge >= 0.3 is 0 Å². The molecule has 0 atom stereocenters. The van der Waals surface area contributed by atoms with Crippen LogP contribution < -0.4 is 5.01 Å². The van der Waals surface area contributed by atoms with Crippen LogP contribution in [0.4, 0.5) is 10.8 Å². The number of hydrazone groups is 1. The van der Waals surface area contributed by atoms with E-state index in [4.69, 9.17) is 0 Å². The fraction of sp³-hybridized carbons (Fsp3) is 0.0800. The second-order valence-corrected chi connectivity index (χ2v) is 9.02. The van der Waals surface area contributed by atoms with Crippen molar-refractivity contribution in [3.8, 4) is 0 Å². The summed E-state index contributed by atoms with van der Waals surface area (Å²) in [5.74, 6) is -1.75. The highest BCUT2D eigenvalue weighted by Crippen LogP contribution is 2.30. The van der Waals surface area contributed by atoms with Crippen molar-refractivity contribution in [2.24, 2.45) is 5.10 Å². The highest BCUT2D eigenvalue weighted by atomic mass is 32.1. The van der Waals surface area contributed by atoms with Crippen molar-refractivity contribution in [2.75, 3.05) is 11.6 Å². The smallest absolute Gasteiger partial charge is 0.269 e. The van der Waals surface area contributed by atoms with Gasteiger partial charge in [0.05, 0.1) is 32.5 Å². The van der Waals surface area contributed by atoms with Crippen LogP contribution in [0.3, 0.4) is 0 Å². The zero-order valence-corrected chi connectivity index (χ0v) is 19.6. The fourth-order valence-corrected chi connectivity index (χ4v) is 4.76. The Bertz CT molecular complexity index is 1540. The Hall–Kier alpha value is -4.77. The van der Waals surface area contributed by atoms with Gasteiger partial charge in [0.15, 0.2) is 0 Å². The number of amides is 3. The van der Waals surface area contributed by atoms with Gasteiger partial charge in [-0.15, -0.1) is 0 Å². The molecule has 1 aliphatic rings. The Balaban J connectivity index is 1.47. The van der Waals surface area contributed by atoms with Gasteiger partial charge in [0, 0.05) is 12.1 Å². The molecule has 178 valence electrons. The minimum atomic E-state index is -0.640. The zero-order chi connectivity index (χ0) is 25.4. The number of hydrogen-bond acceptors (Lipinski definition) is 8. The number of carbonyl (C=O) groups is 3. The number of nitrogens with zero attached hydrogens (tertiary/aromatic N) is 5. The molecule has 1 aromatic heterocycles. The van der Waals surface area contributed by atoms with E-state index in [2.05, 4.69) is 10.1 Å². The van der Waals surface area contributed by atoms with Crippen LogP contribution in [0, 0.1) is 17.0 Å². The average Bonchev–Trinajstić information content (AvgIpc) is 3.39. The largest absolute Gasteiger partial charge is 0.270 e. The summed E-state index contributed by atoms with van der Waals surface area (Å²) in [6.07, 6.45) is 1.36. The van der Waals surface area contributed by atoms with Gasteiger partial charge in [-0.3, -0.25) is 29.4 Å². The lowest BCUT2D eigenvalue weighted by Gasteiger charge is -2.18. The summed E-state index contributed by atoms with van der Waals surface area (Å²) < 4.78 is 0.842. The van der Waals surface area contributed by atoms with Gasteiger partial charge in [0.2, 0.25) is 5.13 Å². The Kier molecular flexibility index (Phi) is 5.82. The molecule has 1 aliphatic heterocycles. The van der Waals surface area contributed by atoms with Gasteiger partial charge in [-0.2, -0.15) is 10.1 Å². The molecule has 0 saturated heterocycles. The lowest BCUT2D eigenvalue weighted by molar-refractivity contribution is -0.384. The molecular formula is C25H17N5O5S. The maximum absolute atomic E-state index is 13.4. The first-order chi connectivity index (χ1) is 17.3. The fourth-order valence-electron chi connectivity index (χ4n) is 3.72. The van der Waals surface area contributed by atoms with Gasteiger partial charge in [-0.25, -0.2) is 4.98 Å². The van der Waals surface area contributed by atoms with E-state index >= 15 is 0 Å². The Morgan fingerprint density at radius 3 is 2.39 bits per heavy atom. The number of nitro benzene ring substituents is 1. The number of anilines is 1. The highest BCUT2D eigenvalue weighted by molar-refractivity contribution is 7.22. The second-order valence-electron chi connectivity index (χ2n) is 8.01. The summed E-state index contributed by atoms with van der Waals surface area (Å²) in [4.78, 5) is 54.7. The number of aryl methyl sites for hydroxylation is 1.